The molecule has 1 rings (SSSR count). The molecule has 0 aromatic carbocycles. The van der Waals surface area contributed by atoms with E-state index in [0.717, 1.165) is 4.13 Å². The van der Waals surface area contributed by atoms with Crippen molar-refractivity contribution in [2.24, 2.45) is 0 Å². The Labute approximate surface area is 170 Å². The molecule has 0 saturated heterocycles. The first-order valence-corrected chi connectivity index (χ1v) is 12.2. The summed E-state index contributed by atoms with van der Waals surface area (Å²) in [6.45, 7) is 2.05. The highest BCUT2D eigenvalue weighted by molar-refractivity contribution is 8.13. The van der Waals surface area contributed by atoms with Crippen LogP contribution >= 0.6 is 0 Å². The minimum atomic E-state index is -6.72. The molecule has 0 atom stereocenters. The van der Waals surface area contributed by atoms with Crippen molar-refractivity contribution >= 4 is 28.9 Å². The Morgan fingerprint density at radius 3 is 1.63 bits per heavy atom. The summed E-state index contributed by atoms with van der Waals surface area (Å²) in [5.41, 5.74) is -11.2. The van der Waals surface area contributed by atoms with Crippen molar-refractivity contribution in [3.63, 3.8) is 0 Å². The first-order valence-electron chi connectivity index (χ1n) is 7.34. The van der Waals surface area contributed by atoms with Crippen molar-refractivity contribution in [2.45, 2.75) is 24.1 Å². The summed E-state index contributed by atoms with van der Waals surface area (Å²) >= 11 is 0. The first-order chi connectivity index (χ1) is 13.4. The van der Waals surface area contributed by atoms with Gasteiger partial charge in [0, 0.05) is 33.0 Å². The zero-order chi connectivity index (χ0) is 24.0. The number of hydrogen-bond donors (Lipinski definition) is 0. The second kappa shape index (κ2) is 10.3. The summed E-state index contributed by atoms with van der Waals surface area (Å²) in [5.74, 6) is 0. The van der Waals surface area contributed by atoms with E-state index in [-0.39, 0.29) is 0 Å². The molecular formula is C12H18F6N2O7S2Si. The predicted molar refractivity (Wildman–Crippen MR) is 91.5 cm³/mol. The molecule has 0 amide bonds. The zero-order valence-electron chi connectivity index (χ0n) is 15.9. The Bertz CT molecular complexity index is 852. The monoisotopic (exact) mass is 508 g/mol. The van der Waals surface area contributed by atoms with Gasteiger partial charge in [-0.1, -0.05) is 0 Å². The molecule has 1 aromatic rings. The second-order valence-electron chi connectivity index (χ2n) is 5.27. The van der Waals surface area contributed by atoms with Gasteiger partial charge < -0.3 is 17.4 Å². The minimum absolute atomic E-state index is 0.623. The van der Waals surface area contributed by atoms with E-state index in [4.69, 9.17) is 13.3 Å². The van der Waals surface area contributed by atoms with Crippen LogP contribution in [0.1, 0.15) is 5.56 Å². The Morgan fingerprint density at radius 2 is 1.33 bits per heavy atom. The molecule has 0 radical (unpaired) electrons. The summed E-state index contributed by atoms with van der Waals surface area (Å²) in [7, 11) is -11.1. The molecular weight excluding hydrogens is 490 g/mol. The Morgan fingerprint density at radius 1 is 0.933 bits per heavy atom. The highest BCUT2D eigenvalue weighted by atomic mass is 32.3. The van der Waals surface area contributed by atoms with Gasteiger partial charge in [0.1, 0.15) is 0 Å². The van der Waals surface area contributed by atoms with Crippen molar-refractivity contribution in [3.05, 3.63) is 34.2 Å². The van der Waals surface area contributed by atoms with E-state index in [1.54, 1.807) is 21.3 Å². The largest absolute Gasteiger partial charge is 0.569 e. The van der Waals surface area contributed by atoms with Gasteiger partial charge in [0.05, 0.1) is 0 Å². The molecule has 0 bridgehead atoms. The number of rotatable bonds is 7. The first kappa shape index (κ1) is 28.7. The standard InChI is InChI=1S/C10H18NO3Si.C2F6NO4S2/c1-10-6-5-7-11(8-10)9-15(12-2,13-3)14-4;3-1(4,5)14(10,11)9-15(12,13)2(6,7)8/h5-8H,9H2,1-4H3;/q+1;-1. The van der Waals surface area contributed by atoms with Crippen LogP contribution in [0.3, 0.4) is 0 Å². The molecule has 1 aromatic heterocycles. The van der Waals surface area contributed by atoms with Gasteiger partial charge in [-0.25, -0.2) is 16.8 Å². The van der Waals surface area contributed by atoms with Crippen LogP contribution in [-0.4, -0.2) is 58.0 Å². The summed E-state index contributed by atoms with van der Waals surface area (Å²) in [6.07, 6.45) is 4.64. The van der Waals surface area contributed by atoms with Gasteiger partial charge in [-0.05, 0) is 13.0 Å². The third-order valence-electron chi connectivity index (χ3n) is 3.10. The quantitative estimate of drug-likeness (QED) is 0.313. The maximum atomic E-state index is 11.4. The second-order valence-corrected chi connectivity index (χ2v) is 11.6. The van der Waals surface area contributed by atoms with Gasteiger partial charge in [-0.15, -0.1) is 0 Å². The number of halogens is 6. The van der Waals surface area contributed by atoms with Crippen molar-refractivity contribution in [1.29, 1.82) is 0 Å². The topological polar surface area (TPSA) is 114 Å². The highest BCUT2D eigenvalue weighted by Gasteiger charge is 2.47. The summed E-state index contributed by atoms with van der Waals surface area (Å²) in [6, 6.07) is 4.04. The lowest BCUT2D eigenvalue weighted by Gasteiger charge is -2.22. The third kappa shape index (κ3) is 8.08. The molecule has 0 saturated carbocycles. The molecule has 0 unspecified atom stereocenters. The number of aryl methyl sites for hydroxylation is 1. The zero-order valence-corrected chi connectivity index (χ0v) is 18.5. The maximum Gasteiger partial charge on any atom is 0.569 e. The lowest BCUT2D eigenvalue weighted by molar-refractivity contribution is -0.685. The molecule has 176 valence electrons. The number of nitrogens with zero attached hydrogens (tertiary/aromatic N) is 2. The van der Waals surface area contributed by atoms with Gasteiger partial charge in [0.2, 0.25) is 6.17 Å². The number of aromatic nitrogens is 1. The van der Waals surface area contributed by atoms with Gasteiger partial charge in [-0.3, -0.25) is 0 Å². The van der Waals surface area contributed by atoms with Crippen LogP contribution in [0.25, 0.3) is 4.13 Å². The molecule has 0 aliphatic carbocycles. The summed E-state index contributed by atoms with van der Waals surface area (Å²) in [4.78, 5) is 0. The molecule has 0 N–H and O–H groups in total. The van der Waals surface area contributed by atoms with Crippen LogP contribution in [0.4, 0.5) is 26.3 Å². The number of pyridine rings is 1. The van der Waals surface area contributed by atoms with Crippen LogP contribution in [0.5, 0.6) is 0 Å². The van der Waals surface area contributed by atoms with E-state index in [2.05, 4.69) is 0 Å². The van der Waals surface area contributed by atoms with E-state index in [0.29, 0.717) is 6.17 Å². The van der Waals surface area contributed by atoms with Crippen molar-refractivity contribution < 1.29 is 61.0 Å². The van der Waals surface area contributed by atoms with Crippen LogP contribution in [0, 0.1) is 6.92 Å². The Kier molecular flexibility index (Phi) is 9.88. The minimum Gasteiger partial charge on any atom is -0.421 e. The van der Waals surface area contributed by atoms with Crippen LogP contribution < -0.4 is 4.57 Å². The molecule has 0 aliphatic heterocycles. The van der Waals surface area contributed by atoms with E-state index in [1.165, 1.54) is 5.56 Å². The molecule has 30 heavy (non-hydrogen) atoms. The molecule has 18 heteroatoms. The number of alkyl halides is 6. The molecule has 9 nitrogen and oxygen atoms in total. The summed E-state index contributed by atoms with van der Waals surface area (Å²) in [5, 5.41) is 0. The molecule has 0 spiro atoms. The molecule has 0 fully saturated rings. The van der Waals surface area contributed by atoms with Gasteiger partial charge in [-0.2, -0.15) is 30.9 Å². The molecule has 0 aliphatic rings. The molecule has 1 heterocycles. The van der Waals surface area contributed by atoms with Crippen molar-refractivity contribution in [3.8, 4) is 0 Å². The normalized spacial score (nSPS) is 13.5. The SMILES string of the molecule is CO[Si](C[n+]1cccc(C)c1)(OC)OC.O=S(=O)([N-]S(=O)(=O)C(F)(F)F)C(F)(F)F. The third-order valence-corrected chi connectivity index (χ3v) is 8.46. The van der Waals surface area contributed by atoms with Gasteiger partial charge in [0.25, 0.3) is 0 Å². The van der Waals surface area contributed by atoms with Crippen LogP contribution in [0.2, 0.25) is 0 Å². The van der Waals surface area contributed by atoms with Crippen molar-refractivity contribution in [2.75, 3.05) is 21.3 Å². The van der Waals surface area contributed by atoms with Crippen LogP contribution in [-0.2, 0) is 39.5 Å². The lowest BCUT2D eigenvalue weighted by Crippen LogP contribution is -2.56. The van der Waals surface area contributed by atoms with E-state index < -0.39 is 39.9 Å². The smallest absolute Gasteiger partial charge is 0.421 e. The fraction of sp³-hybridized carbons (Fsp3) is 0.583. The number of hydrogen-bond acceptors (Lipinski definition) is 7. The van der Waals surface area contributed by atoms with Crippen molar-refractivity contribution in [1.82, 2.24) is 0 Å². The van der Waals surface area contributed by atoms with Crippen LogP contribution in [0.15, 0.2) is 24.5 Å². The lowest BCUT2D eigenvalue weighted by atomic mass is 10.3. The maximum absolute atomic E-state index is 11.4. The highest BCUT2D eigenvalue weighted by Crippen LogP contribution is 2.36. The van der Waals surface area contributed by atoms with E-state index >= 15 is 0 Å². The predicted octanol–water partition coefficient (Wildman–Crippen LogP) is 1.76. The average Bonchev–Trinajstić information content (AvgIpc) is 2.57. The Hall–Kier alpha value is -1.31. The summed E-state index contributed by atoms with van der Waals surface area (Å²) < 4.78 is 127. The van der Waals surface area contributed by atoms with Gasteiger partial charge >= 0.3 is 19.8 Å². The fourth-order valence-corrected chi connectivity index (χ4v) is 4.87. The Balaban J connectivity index is 0.000000561. The van der Waals surface area contributed by atoms with Gasteiger partial charge in [0.15, 0.2) is 32.4 Å². The van der Waals surface area contributed by atoms with E-state index in [1.807, 2.05) is 36.0 Å². The number of sulfonamides is 2. The van der Waals surface area contributed by atoms with E-state index in [9.17, 15) is 43.2 Å². The fourth-order valence-electron chi connectivity index (χ4n) is 1.63. The average molecular weight is 508 g/mol.